The summed E-state index contributed by atoms with van der Waals surface area (Å²) < 4.78 is 13.9. The first-order valence-electron chi connectivity index (χ1n) is 6.23. The zero-order valence-corrected chi connectivity index (χ0v) is 10.7. The Morgan fingerprint density at radius 3 is 2.95 bits per heavy atom. The van der Waals surface area contributed by atoms with Crippen molar-refractivity contribution in [3.63, 3.8) is 0 Å². The van der Waals surface area contributed by atoms with Gasteiger partial charge in [-0.3, -0.25) is 4.79 Å². The van der Waals surface area contributed by atoms with Gasteiger partial charge in [-0.25, -0.2) is 19.4 Å². The van der Waals surface area contributed by atoms with Crippen LogP contribution in [0.2, 0.25) is 0 Å². The molecule has 3 rings (SSSR count). The third kappa shape index (κ3) is 1.91. The number of H-pyrrole nitrogens is 1. The monoisotopic (exact) mass is 288 g/mol. The predicted octanol–water partition coefficient (Wildman–Crippen LogP) is 0.419. The van der Waals surface area contributed by atoms with Crippen LogP contribution < -0.4 is 4.74 Å². The van der Waals surface area contributed by atoms with E-state index in [0.29, 0.717) is 5.52 Å². The molecule has 0 atom stereocenters. The molecule has 0 aliphatic rings. The van der Waals surface area contributed by atoms with Crippen molar-refractivity contribution in [2.24, 2.45) is 0 Å². The number of aliphatic carboxylic acids is 1. The number of carbonyl (C=O) groups is 2. The first-order valence-corrected chi connectivity index (χ1v) is 5.73. The number of aromatic nitrogens is 5. The maximum atomic E-state index is 11.8. The minimum absolute atomic E-state index is 0.0605. The molecule has 0 aliphatic heterocycles. The van der Waals surface area contributed by atoms with Crippen molar-refractivity contribution >= 4 is 22.7 Å². The fourth-order valence-electron chi connectivity index (χ4n) is 2.00. The molecule has 0 saturated carbocycles. The van der Waals surface area contributed by atoms with Crippen molar-refractivity contribution in [1.29, 1.82) is 0 Å². The molecule has 9 heteroatoms. The van der Waals surface area contributed by atoms with Gasteiger partial charge in [0, 0.05) is 6.20 Å². The van der Waals surface area contributed by atoms with Crippen LogP contribution in [-0.2, 0) is 4.79 Å². The molecule has 21 heavy (non-hydrogen) atoms. The molecule has 3 aromatic heterocycles. The number of carbonyl (C=O) groups excluding carboxylic acids is 1. The highest BCUT2D eigenvalue weighted by Gasteiger charge is 2.23. The Kier molecular flexibility index (Phi) is 2.60. The van der Waals surface area contributed by atoms with Crippen molar-refractivity contribution in [2.45, 2.75) is 0 Å². The Hall–Kier alpha value is -3.23. The summed E-state index contributed by atoms with van der Waals surface area (Å²) in [6, 6.07) is 0. The number of hydrogen-bond donors (Lipinski definition) is 2. The molecule has 0 amide bonds. The summed E-state index contributed by atoms with van der Waals surface area (Å²) in [7, 11) is 1.38. The van der Waals surface area contributed by atoms with Crippen LogP contribution in [0.25, 0.3) is 16.7 Å². The average Bonchev–Trinajstić information content (AvgIpc) is 3.12. The van der Waals surface area contributed by atoms with Crippen LogP contribution in [-0.4, -0.2) is 48.7 Å². The highest BCUT2D eigenvalue weighted by atomic mass is 16.5. The molecule has 106 valence electrons. The molecule has 0 spiro atoms. The number of methoxy groups -OCH3 is 1. The van der Waals surface area contributed by atoms with Gasteiger partial charge in [-0.2, -0.15) is 5.10 Å². The molecule has 3 aromatic rings. The maximum Gasteiger partial charge on any atom is 0.377 e. The number of aromatic amines is 1. The minimum atomic E-state index is -1.58. The van der Waals surface area contributed by atoms with E-state index < -0.39 is 11.8 Å². The van der Waals surface area contributed by atoms with Crippen molar-refractivity contribution in [2.75, 3.05) is 7.11 Å². The maximum absolute atomic E-state index is 11.8. The molecular weight excluding hydrogens is 278 g/mol. The van der Waals surface area contributed by atoms with E-state index in [1.165, 1.54) is 25.8 Å². The number of ether oxygens (including phenoxy) is 1. The second-order valence-corrected chi connectivity index (χ2v) is 4.01. The zero-order chi connectivity index (χ0) is 15.9. The van der Waals surface area contributed by atoms with Gasteiger partial charge in [-0.15, -0.1) is 0 Å². The van der Waals surface area contributed by atoms with Crippen molar-refractivity contribution in [3.8, 4) is 11.6 Å². The molecule has 0 bridgehead atoms. The van der Waals surface area contributed by atoms with E-state index in [2.05, 4.69) is 20.1 Å². The van der Waals surface area contributed by atoms with E-state index >= 15 is 0 Å². The standard InChI is InChI=1S/C12H9N5O4/c1-21-7-3-15-11(17-5-13-4-16-17)9-8(7)6(2-14-9)10(18)12(19)20/h2-5,14H,1H3,(H,19,20)/i5D. The summed E-state index contributed by atoms with van der Waals surface area (Å²) in [5.74, 6) is -2.21. The number of pyridine rings is 1. The number of rotatable bonds is 4. The second-order valence-electron chi connectivity index (χ2n) is 4.01. The third-order valence-electron chi connectivity index (χ3n) is 2.89. The lowest BCUT2D eigenvalue weighted by Crippen LogP contribution is -2.12. The Morgan fingerprint density at radius 1 is 1.52 bits per heavy atom. The minimum Gasteiger partial charge on any atom is -0.494 e. The van der Waals surface area contributed by atoms with Gasteiger partial charge in [0.05, 0.1) is 29.8 Å². The summed E-state index contributed by atoms with van der Waals surface area (Å²) in [5, 5.41) is 13.0. The summed E-state index contributed by atoms with van der Waals surface area (Å²) in [4.78, 5) is 33.3. The van der Waals surface area contributed by atoms with E-state index in [1.54, 1.807) is 0 Å². The van der Waals surface area contributed by atoms with Crippen LogP contribution in [0.4, 0.5) is 0 Å². The third-order valence-corrected chi connectivity index (χ3v) is 2.89. The van der Waals surface area contributed by atoms with Gasteiger partial charge in [0.1, 0.15) is 19.8 Å². The van der Waals surface area contributed by atoms with Crippen LogP contribution in [0, 0.1) is 0 Å². The molecule has 0 radical (unpaired) electrons. The molecule has 0 unspecified atom stereocenters. The van der Waals surface area contributed by atoms with Crippen molar-refractivity contribution in [3.05, 3.63) is 30.6 Å². The van der Waals surface area contributed by atoms with Crippen LogP contribution in [0.1, 0.15) is 11.7 Å². The Bertz CT molecular complexity index is 900. The normalized spacial score (nSPS) is 11.4. The van der Waals surface area contributed by atoms with Gasteiger partial charge in [-0.1, -0.05) is 0 Å². The van der Waals surface area contributed by atoms with E-state index in [0.717, 1.165) is 4.68 Å². The first kappa shape index (κ1) is 11.6. The van der Waals surface area contributed by atoms with Gasteiger partial charge in [-0.05, 0) is 0 Å². The van der Waals surface area contributed by atoms with Crippen LogP contribution >= 0.6 is 0 Å². The van der Waals surface area contributed by atoms with Gasteiger partial charge in [0.25, 0.3) is 5.78 Å². The number of hydrogen-bond acceptors (Lipinski definition) is 6. The lowest BCUT2D eigenvalue weighted by Gasteiger charge is -2.06. The Labute approximate surface area is 118 Å². The molecule has 2 N–H and O–H groups in total. The van der Waals surface area contributed by atoms with Gasteiger partial charge in [0.15, 0.2) is 5.82 Å². The van der Waals surface area contributed by atoms with Gasteiger partial charge < -0.3 is 14.8 Å². The summed E-state index contributed by atoms with van der Waals surface area (Å²) >= 11 is 0. The number of fused-ring (bicyclic) bond motifs is 1. The fraction of sp³-hybridized carbons (Fsp3) is 0.0833. The van der Waals surface area contributed by atoms with Gasteiger partial charge in [0.2, 0.25) is 0 Å². The van der Waals surface area contributed by atoms with Crippen LogP contribution in [0.15, 0.2) is 25.0 Å². The number of carboxylic acids is 1. The largest absolute Gasteiger partial charge is 0.494 e. The number of nitrogens with zero attached hydrogens (tertiary/aromatic N) is 4. The number of Topliss-reactive ketones (excluding diaryl/α,β-unsaturated/α-hetero) is 1. The number of carboxylic acid groups (broad SMARTS) is 1. The van der Waals surface area contributed by atoms with Crippen LogP contribution in [0.5, 0.6) is 5.75 Å². The highest BCUT2D eigenvalue weighted by Crippen LogP contribution is 2.31. The number of ketones is 1. The summed E-state index contributed by atoms with van der Waals surface area (Å²) in [5.41, 5.74) is 0.262. The fourth-order valence-corrected chi connectivity index (χ4v) is 2.00. The Morgan fingerprint density at radius 2 is 2.33 bits per heavy atom. The highest BCUT2D eigenvalue weighted by molar-refractivity contribution is 6.42. The predicted molar refractivity (Wildman–Crippen MR) is 69.5 cm³/mol. The molecule has 0 aromatic carbocycles. The average molecular weight is 288 g/mol. The smallest absolute Gasteiger partial charge is 0.377 e. The van der Waals surface area contributed by atoms with E-state index in [-0.39, 0.29) is 28.8 Å². The summed E-state index contributed by atoms with van der Waals surface area (Å²) in [6.07, 6.45) is 3.62. The molecule has 3 heterocycles. The molecular formula is C12H9N5O4. The van der Waals surface area contributed by atoms with E-state index in [9.17, 15) is 9.59 Å². The molecule has 0 fully saturated rings. The topological polar surface area (TPSA) is 123 Å². The SMILES string of the molecule is [2H]c1ncnn1-c1ncc(OC)c2c(C(=O)C(=O)O)c[nH]c12. The molecule has 9 nitrogen and oxygen atoms in total. The van der Waals surface area contributed by atoms with Crippen molar-refractivity contribution in [1.82, 2.24) is 24.7 Å². The zero-order valence-electron chi connectivity index (χ0n) is 11.7. The first-order chi connectivity index (χ1) is 10.5. The van der Waals surface area contributed by atoms with Crippen LogP contribution in [0.3, 0.4) is 0 Å². The Balaban J connectivity index is 2.34. The summed E-state index contributed by atoms with van der Waals surface area (Å²) in [6.45, 7) is 0. The molecule has 0 saturated heterocycles. The molecule has 0 aliphatic carbocycles. The quantitative estimate of drug-likeness (QED) is 0.526. The van der Waals surface area contributed by atoms with Crippen molar-refractivity contribution < 1.29 is 20.8 Å². The second kappa shape index (κ2) is 4.71. The van der Waals surface area contributed by atoms with Gasteiger partial charge >= 0.3 is 5.97 Å². The van der Waals surface area contributed by atoms with E-state index in [4.69, 9.17) is 11.2 Å². The lowest BCUT2D eigenvalue weighted by molar-refractivity contribution is -0.131. The number of nitrogens with one attached hydrogen (secondary N) is 1. The van der Waals surface area contributed by atoms with E-state index in [1.807, 2.05) is 0 Å². The lowest BCUT2D eigenvalue weighted by atomic mass is 10.1.